The molecule has 57 heavy (non-hydrogen) atoms. The quantitative estimate of drug-likeness (QED) is 0.176. The van der Waals surface area contributed by atoms with E-state index >= 15 is 0 Å². The lowest BCUT2D eigenvalue weighted by Gasteiger charge is -2.08. The molecule has 0 radical (unpaired) electrons. The summed E-state index contributed by atoms with van der Waals surface area (Å²) in [5.41, 5.74) is 11.4. The molecule has 12 rings (SSSR count). The summed E-state index contributed by atoms with van der Waals surface area (Å²) in [6.45, 7) is 0. The molecule has 0 aliphatic heterocycles. The van der Waals surface area contributed by atoms with Crippen molar-refractivity contribution in [3.8, 4) is 51.0 Å². The third-order valence-electron chi connectivity index (χ3n) is 11.1. The number of aromatic nitrogens is 4. The molecule has 0 aliphatic rings. The highest BCUT2D eigenvalue weighted by molar-refractivity contribution is 6.15. The molecule has 4 heterocycles. The maximum absolute atomic E-state index is 6.96. The molecule has 8 aromatic carbocycles. The summed E-state index contributed by atoms with van der Waals surface area (Å²) < 4.78 is 15.8. The minimum atomic E-state index is 0.586. The normalized spacial score (nSPS) is 11.9. The first-order valence-corrected chi connectivity index (χ1v) is 19.0. The van der Waals surface area contributed by atoms with Gasteiger partial charge in [-0.05, 0) is 48.0 Å². The fourth-order valence-corrected chi connectivity index (χ4v) is 8.41. The van der Waals surface area contributed by atoms with E-state index in [-0.39, 0.29) is 0 Å². The predicted octanol–water partition coefficient (Wildman–Crippen LogP) is 13.4. The lowest BCUT2D eigenvalue weighted by Crippen LogP contribution is -2.00. The summed E-state index contributed by atoms with van der Waals surface area (Å²) in [5.74, 6) is 1.83. The van der Waals surface area contributed by atoms with E-state index in [1.54, 1.807) is 0 Å². The van der Waals surface area contributed by atoms with Gasteiger partial charge in [-0.25, -0.2) is 15.0 Å². The maximum Gasteiger partial charge on any atom is 0.164 e. The largest absolute Gasteiger partial charge is 0.456 e. The van der Waals surface area contributed by atoms with Gasteiger partial charge in [-0.3, -0.25) is 0 Å². The molecule has 0 unspecified atom stereocenters. The van der Waals surface area contributed by atoms with Crippen molar-refractivity contribution in [2.24, 2.45) is 0 Å². The molecule has 0 saturated heterocycles. The summed E-state index contributed by atoms with van der Waals surface area (Å²) in [6.07, 6.45) is 0. The van der Waals surface area contributed by atoms with Crippen LogP contribution in [-0.2, 0) is 0 Å². The van der Waals surface area contributed by atoms with Crippen molar-refractivity contribution in [1.82, 2.24) is 19.5 Å². The molecular weight excluding hydrogens is 701 g/mol. The number of rotatable bonds is 5. The number of benzene rings is 8. The van der Waals surface area contributed by atoms with Gasteiger partial charge in [-0.1, -0.05) is 140 Å². The van der Waals surface area contributed by atoms with Crippen molar-refractivity contribution in [1.29, 1.82) is 0 Å². The van der Waals surface area contributed by atoms with Gasteiger partial charge in [0.25, 0.3) is 0 Å². The molecular formula is C51H30N4O2. The van der Waals surface area contributed by atoms with E-state index in [2.05, 4.69) is 120 Å². The van der Waals surface area contributed by atoms with Gasteiger partial charge in [-0.2, -0.15) is 0 Å². The monoisotopic (exact) mass is 730 g/mol. The lowest BCUT2D eigenvalue weighted by molar-refractivity contribution is 0.667. The summed E-state index contributed by atoms with van der Waals surface area (Å²) in [5, 5.41) is 6.64. The van der Waals surface area contributed by atoms with Crippen LogP contribution in [0.5, 0.6) is 0 Å². The third kappa shape index (κ3) is 4.94. The van der Waals surface area contributed by atoms with E-state index in [9.17, 15) is 0 Å². The first-order chi connectivity index (χ1) is 28.2. The van der Waals surface area contributed by atoms with E-state index in [0.717, 1.165) is 88.4 Å². The van der Waals surface area contributed by atoms with Gasteiger partial charge in [0.1, 0.15) is 16.7 Å². The minimum Gasteiger partial charge on any atom is -0.456 e. The zero-order valence-electron chi connectivity index (χ0n) is 30.4. The lowest BCUT2D eigenvalue weighted by atomic mass is 10.00. The van der Waals surface area contributed by atoms with Crippen LogP contribution in [0.1, 0.15) is 0 Å². The van der Waals surface area contributed by atoms with Crippen molar-refractivity contribution >= 4 is 65.7 Å². The standard InChI is InChI=1S/C51H30N4O2/c1-3-13-31(14-4-1)49-52-50(32-15-5-2-6-16-32)54-51(53-49)34-25-27-38-41-29-33(26-28-45(41)56-46(38)30-34)35-19-11-20-39-40-21-12-24-44(48(40)57-47(35)39)55-42-22-9-7-17-36(42)37-18-8-10-23-43(37)55/h1-30H. The van der Waals surface area contributed by atoms with Gasteiger partial charge in [0.05, 0.1) is 16.7 Å². The van der Waals surface area contributed by atoms with E-state index in [1.807, 2.05) is 66.7 Å². The Morgan fingerprint density at radius 1 is 0.333 bits per heavy atom. The molecule has 12 aromatic rings. The molecule has 6 nitrogen and oxygen atoms in total. The number of furan rings is 2. The Bertz CT molecular complexity index is 3410. The predicted molar refractivity (Wildman–Crippen MR) is 230 cm³/mol. The van der Waals surface area contributed by atoms with Gasteiger partial charge in [0.2, 0.25) is 0 Å². The average Bonchev–Trinajstić information content (AvgIpc) is 3.96. The Hall–Kier alpha value is -7.83. The van der Waals surface area contributed by atoms with E-state index in [0.29, 0.717) is 17.5 Å². The summed E-state index contributed by atoms with van der Waals surface area (Å²) in [4.78, 5) is 14.7. The van der Waals surface area contributed by atoms with Crippen LogP contribution >= 0.6 is 0 Å². The second-order valence-electron chi connectivity index (χ2n) is 14.4. The van der Waals surface area contributed by atoms with Crippen LogP contribution in [0.15, 0.2) is 191 Å². The molecule has 0 fully saturated rings. The van der Waals surface area contributed by atoms with Crippen molar-refractivity contribution in [2.45, 2.75) is 0 Å². The summed E-state index contributed by atoms with van der Waals surface area (Å²) >= 11 is 0. The molecule has 0 bridgehead atoms. The number of hydrogen-bond acceptors (Lipinski definition) is 5. The van der Waals surface area contributed by atoms with Crippen LogP contribution in [0.4, 0.5) is 0 Å². The van der Waals surface area contributed by atoms with Gasteiger partial charge in [-0.15, -0.1) is 0 Å². The number of fused-ring (bicyclic) bond motifs is 9. The molecule has 0 spiro atoms. The molecule has 6 heteroatoms. The number of nitrogens with zero attached hydrogens (tertiary/aromatic N) is 4. The van der Waals surface area contributed by atoms with Crippen LogP contribution in [0.25, 0.3) is 117 Å². The number of para-hydroxylation sites is 4. The zero-order chi connectivity index (χ0) is 37.5. The highest BCUT2D eigenvalue weighted by Gasteiger charge is 2.20. The Morgan fingerprint density at radius 2 is 0.895 bits per heavy atom. The highest BCUT2D eigenvalue weighted by atomic mass is 16.3. The van der Waals surface area contributed by atoms with Crippen molar-refractivity contribution < 1.29 is 8.83 Å². The Labute approximate surface area is 325 Å². The second-order valence-corrected chi connectivity index (χ2v) is 14.4. The summed E-state index contributed by atoms with van der Waals surface area (Å²) in [6, 6.07) is 62.6. The van der Waals surface area contributed by atoms with Crippen molar-refractivity contribution in [2.75, 3.05) is 0 Å². The molecule has 266 valence electrons. The second kappa shape index (κ2) is 12.3. The fraction of sp³-hybridized carbons (Fsp3) is 0. The fourth-order valence-electron chi connectivity index (χ4n) is 8.41. The van der Waals surface area contributed by atoms with Gasteiger partial charge in [0.15, 0.2) is 23.1 Å². The van der Waals surface area contributed by atoms with Crippen LogP contribution in [0.3, 0.4) is 0 Å². The van der Waals surface area contributed by atoms with Gasteiger partial charge < -0.3 is 13.4 Å². The van der Waals surface area contributed by atoms with Crippen molar-refractivity contribution in [3.05, 3.63) is 182 Å². The maximum atomic E-state index is 6.96. The smallest absolute Gasteiger partial charge is 0.164 e. The summed E-state index contributed by atoms with van der Waals surface area (Å²) in [7, 11) is 0. The van der Waals surface area contributed by atoms with Gasteiger partial charge in [0, 0.05) is 54.6 Å². The highest BCUT2D eigenvalue weighted by Crippen LogP contribution is 2.42. The number of hydrogen-bond donors (Lipinski definition) is 0. The van der Waals surface area contributed by atoms with Crippen LogP contribution in [0.2, 0.25) is 0 Å². The van der Waals surface area contributed by atoms with Crippen LogP contribution < -0.4 is 0 Å². The Morgan fingerprint density at radius 3 is 1.58 bits per heavy atom. The van der Waals surface area contributed by atoms with Crippen LogP contribution in [-0.4, -0.2) is 19.5 Å². The van der Waals surface area contributed by atoms with Gasteiger partial charge >= 0.3 is 0 Å². The molecule has 0 amide bonds. The molecule has 0 N–H and O–H groups in total. The first-order valence-electron chi connectivity index (χ1n) is 19.0. The Kier molecular flexibility index (Phi) is 6.83. The third-order valence-corrected chi connectivity index (χ3v) is 11.1. The first kappa shape index (κ1) is 31.5. The molecule has 0 saturated carbocycles. The molecule has 4 aromatic heterocycles. The van der Waals surface area contributed by atoms with Crippen molar-refractivity contribution in [3.63, 3.8) is 0 Å². The van der Waals surface area contributed by atoms with Crippen LogP contribution in [0, 0.1) is 0 Å². The Balaban J connectivity index is 0.986. The van der Waals surface area contributed by atoms with E-state index in [1.165, 1.54) is 10.8 Å². The average molecular weight is 731 g/mol. The molecule has 0 aliphatic carbocycles. The van der Waals surface area contributed by atoms with E-state index in [4.69, 9.17) is 23.8 Å². The SMILES string of the molecule is c1ccc(-c2nc(-c3ccccc3)nc(-c3ccc4c(c3)oc3ccc(-c5cccc6c5oc5c(-n7c8ccccc8c8ccccc87)cccc56)cc34)n2)cc1. The van der Waals surface area contributed by atoms with E-state index < -0.39 is 0 Å². The molecule has 0 atom stereocenters. The zero-order valence-corrected chi connectivity index (χ0v) is 30.4. The minimum absolute atomic E-state index is 0.586. The topological polar surface area (TPSA) is 69.9 Å².